The smallest absolute Gasteiger partial charge is 0.263 e. The van der Waals surface area contributed by atoms with Crippen LogP contribution in [0.2, 0.25) is 5.02 Å². The standard InChI is InChI=1S/C21H16ClN3O2S/c1-13-18(14-5-3-2-4-6-14)19-20(28-13)23-12-25(21(19)27)11-17(26)24-16-9-7-15(22)8-10-16/h2-10,12H,11H2,1H3,(H,24,26). The van der Waals surface area contributed by atoms with Gasteiger partial charge in [-0.1, -0.05) is 41.9 Å². The highest BCUT2D eigenvalue weighted by molar-refractivity contribution is 7.19. The number of carbonyl (C=O) groups excluding carboxylic acids is 1. The van der Waals surface area contributed by atoms with Crippen LogP contribution >= 0.6 is 22.9 Å². The number of carbonyl (C=O) groups is 1. The third kappa shape index (κ3) is 3.56. The van der Waals surface area contributed by atoms with Crippen molar-refractivity contribution in [3.63, 3.8) is 0 Å². The van der Waals surface area contributed by atoms with Crippen LogP contribution in [0, 0.1) is 6.92 Å². The number of rotatable bonds is 4. The van der Waals surface area contributed by atoms with E-state index < -0.39 is 0 Å². The Morgan fingerprint density at radius 1 is 1.14 bits per heavy atom. The zero-order valence-electron chi connectivity index (χ0n) is 15.0. The highest BCUT2D eigenvalue weighted by Crippen LogP contribution is 2.35. The fourth-order valence-electron chi connectivity index (χ4n) is 3.09. The fourth-order valence-corrected chi connectivity index (χ4v) is 4.22. The third-order valence-electron chi connectivity index (χ3n) is 4.36. The number of halogens is 1. The Labute approximate surface area is 170 Å². The predicted molar refractivity (Wildman–Crippen MR) is 114 cm³/mol. The molecule has 0 bridgehead atoms. The van der Waals surface area contributed by atoms with Crippen molar-refractivity contribution >= 4 is 44.7 Å². The molecule has 140 valence electrons. The summed E-state index contributed by atoms with van der Waals surface area (Å²) in [6.07, 6.45) is 1.43. The normalized spacial score (nSPS) is 10.9. The molecule has 1 amide bonds. The lowest BCUT2D eigenvalue weighted by Crippen LogP contribution is -2.27. The van der Waals surface area contributed by atoms with Gasteiger partial charge in [0.1, 0.15) is 11.4 Å². The summed E-state index contributed by atoms with van der Waals surface area (Å²) in [5.74, 6) is -0.307. The third-order valence-corrected chi connectivity index (χ3v) is 5.62. The number of anilines is 1. The van der Waals surface area contributed by atoms with Gasteiger partial charge in [-0.25, -0.2) is 4.98 Å². The number of aryl methyl sites for hydroxylation is 1. The van der Waals surface area contributed by atoms with Gasteiger partial charge in [-0.15, -0.1) is 11.3 Å². The van der Waals surface area contributed by atoms with Crippen molar-refractivity contribution in [1.82, 2.24) is 9.55 Å². The van der Waals surface area contributed by atoms with Gasteiger partial charge in [0.25, 0.3) is 5.56 Å². The Morgan fingerprint density at radius 2 is 1.86 bits per heavy atom. The van der Waals surface area contributed by atoms with E-state index in [9.17, 15) is 9.59 Å². The van der Waals surface area contributed by atoms with Gasteiger partial charge in [-0.2, -0.15) is 0 Å². The van der Waals surface area contributed by atoms with E-state index in [1.807, 2.05) is 37.3 Å². The van der Waals surface area contributed by atoms with Gasteiger partial charge < -0.3 is 5.32 Å². The molecular formula is C21H16ClN3O2S. The van der Waals surface area contributed by atoms with E-state index >= 15 is 0 Å². The summed E-state index contributed by atoms with van der Waals surface area (Å²) in [4.78, 5) is 31.6. The molecule has 4 rings (SSSR count). The Hall–Kier alpha value is -2.96. The highest BCUT2D eigenvalue weighted by Gasteiger charge is 2.17. The number of amides is 1. The number of hydrogen-bond acceptors (Lipinski definition) is 4. The van der Waals surface area contributed by atoms with Crippen LogP contribution < -0.4 is 10.9 Å². The van der Waals surface area contributed by atoms with Crippen LogP contribution in [0.25, 0.3) is 21.3 Å². The van der Waals surface area contributed by atoms with Crippen molar-refractivity contribution in [3.8, 4) is 11.1 Å². The molecule has 0 saturated carbocycles. The lowest BCUT2D eigenvalue weighted by Gasteiger charge is -2.08. The Morgan fingerprint density at radius 3 is 2.57 bits per heavy atom. The second-order valence-electron chi connectivity index (χ2n) is 6.31. The van der Waals surface area contributed by atoms with Gasteiger partial charge in [0.15, 0.2) is 0 Å². The predicted octanol–water partition coefficient (Wildman–Crippen LogP) is 4.73. The largest absolute Gasteiger partial charge is 0.325 e. The fraction of sp³-hybridized carbons (Fsp3) is 0.0952. The van der Waals surface area contributed by atoms with Crippen molar-refractivity contribution in [2.75, 3.05) is 5.32 Å². The van der Waals surface area contributed by atoms with Crippen LogP contribution in [-0.4, -0.2) is 15.5 Å². The molecule has 0 fully saturated rings. The number of hydrogen-bond donors (Lipinski definition) is 1. The molecule has 7 heteroatoms. The molecule has 0 unspecified atom stereocenters. The second kappa shape index (κ2) is 7.58. The zero-order chi connectivity index (χ0) is 19.7. The molecular weight excluding hydrogens is 394 g/mol. The van der Waals surface area contributed by atoms with Gasteiger partial charge >= 0.3 is 0 Å². The average molecular weight is 410 g/mol. The maximum atomic E-state index is 13.1. The molecule has 5 nitrogen and oxygen atoms in total. The first-order valence-electron chi connectivity index (χ1n) is 8.62. The molecule has 0 aliphatic rings. The zero-order valence-corrected chi connectivity index (χ0v) is 16.6. The molecule has 0 atom stereocenters. The highest BCUT2D eigenvalue weighted by atomic mass is 35.5. The summed E-state index contributed by atoms with van der Waals surface area (Å²) in [5, 5.41) is 3.90. The molecule has 28 heavy (non-hydrogen) atoms. The Bertz CT molecular complexity index is 1210. The molecule has 2 aromatic carbocycles. The maximum Gasteiger partial charge on any atom is 0.263 e. The number of thiophene rings is 1. The molecule has 0 radical (unpaired) electrons. The minimum atomic E-state index is -0.307. The monoisotopic (exact) mass is 409 g/mol. The van der Waals surface area contributed by atoms with Crippen LogP contribution in [0.4, 0.5) is 5.69 Å². The second-order valence-corrected chi connectivity index (χ2v) is 7.95. The topological polar surface area (TPSA) is 64.0 Å². The van der Waals surface area contributed by atoms with Crippen molar-refractivity contribution < 1.29 is 4.79 Å². The van der Waals surface area contributed by atoms with Crippen LogP contribution in [0.3, 0.4) is 0 Å². The van der Waals surface area contributed by atoms with Gasteiger partial charge in [-0.05, 0) is 36.8 Å². The van der Waals surface area contributed by atoms with Gasteiger partial charge in [0.05, 0.1) is 11.7 Å². The SMILES string of the molecule is Cc1sc2ncn(CC(=O)Nc3ccc(Cl)cc3)c(=O)c2c1-c1ccccc1. The number of benzene rings is 2. The van der Waals surface area contributed by atoms with E-state index in [0.717, 1.165) is 16.0 Å². The first-order chi connectivity index (χ1) is 13.5. The van der Waals surface area contributed by atoms with Crippen LogP contribution in [-0.2, 0) is 11.3 Å². The summed E-state index contributed by atoms with van der Waals surface area (Å²) >= 11 is 7.34. The van der Waals surface area contributed by atoms with Crippen molar-refractivity contribution in [1.29, 1.82) is 0 Å². The quantitative estimate of drug-likeness (QED) is 0.530. The van der Waals surface area contributed by atoms with Crippen LogP contribution in [0.15, 0.2) is 65.7 Å². The summed E-state index contributed by atoms with van der Waals surface area (Å²) in [7, 11) is 0. The summed E-state index contributed by atoms with van der Waals surface area (Å²) in [5.41, 5.74) is 2.24. The summed E-state index contributed by atoms with van der Waals surface area (Å²) in [6, 6.07) is 16.6. The van der Waals surface area contributed by atoms with Gasteiger partial charge in [-0.3, -0.25) is 14.2 Å². The molecule has 4 aromatic rings. The molecule has 0 spiro atoms. The first kappa shape index (κ1) is 18.4. The van der Waals surface area contributed by atoms with E-state index in [-0.39, 0.29) is 18.0 Å². The summed E-state index contributed by atoms with van der Waals surface area (Å²) in [6.45, 7) is 1.86. The van der Waals surface area contributed by atoms with E-state index in [4.69, 9.17) is 11.6 Å². The van der Waals surface area contributed by atoms with E-state index in [0.29, 0.717) is 20.9 Å². The molecule has 0 aliphatic heterocycles. The maximum absolute atomic E-state index is 13.1. The number of nitrogens with zero attached hydrogens (tertiary/aromatic N) is 2. The lowest BCUT2D eigenvalue weighted by molar-refractivity contribution is -0.116. The Balaban J connectivity index is 1.69. The van der Waals surface area contributed by atoms with Gasteiger partial charge in [0.2, 0.25) is 5.91 Å². The van der Waals surface area contributed by atoms with E-state index in [2.05, 4.69) is 10.3 Å². The van der Waals surface area contributed by atoms with Crippen molar-refractivity contribution in [2.24, 2.45) is 0 Å². The van der Waals surface area contributed by atoms with Gasteiger partial charge in [0, 0.05) is 21.2 Å². The average Bonchev–Trinajstić information content (AvgIpc) is 3.03. The molecule has 0 saturated heterocycles. The summed E-state index contributed by atoms with van der Waals surface area (Å²) < 4.78 is 1.34. The molecule has 2 heterocycles. The van der Waals surface area contributed by atoms with Crippen molar-refractivity contribution in [3.05, 3.63) is 81.2 Å². The molecule has 2 aromatic heterocycles. The Kier molecular flexibility index (Phi) is 4.98. The molecule has 1 N–H and O–H groups in total. The minimum Gasteiger partial charge on any atom is -0.325 e. The van der Waals surface area contributed by atoms with Crippen molar-refractivity contribution in [2.45, 2.75) is 13.5 Å². The van der Waals surface area contributed by atoms with E-state index in [1.165, 1.54) is 22.2 Å². The minimum absolute atomic E-state index is 0.118. The lowest BCUT2D eigenvalue weighted by atomic mass is 10.0. The molecule has 0 aliphatic carbocycles. The van der Waals surface area contributed by atoms with E-state index in [1.54, 1.807) is 24.3 Å². The number of aromatic nitrogens is 2. The number of fused-ring (bicyclic) bond motifs is 1. The van der Waals surface area contributed by atoms with Crippen LogP contribution in [0.5, 0.6) is 0 Å². The van der Waals surface area contributed by atoms with Crippen LogP contribution in [0.1, 0.15) is 4.88 Å². The number of nitrogens with one attached hydrogen (secondary N) is 1. The first-order valence-corrected chi connectivity index (χ1v) is 9.82.